The van der Waals surface area contributed by atoms with Crippen LogP contribution in [0, 0.1) is 0 Å². The largest absolute Gasteiger partial charge is 0.493 e. The second kappa shape index (κ2) is 8.07. The van der Waals surface area contributed by atoms with Crippen molar-refractivity contribution in [3.8, 4) is 5.88 Å². The first kappa shape index (κ1) is 21.5. The fourth-order valence-corrected chi connectivity index (χ4v) is 3.32. The van der Waals surface area contributed by atoms with Gasteiger partial charge < -0.3 is 15.4 Å². The topological polar surface area (TPSA) is 133 Å². The lowest BCUT2D eigenvalue weighted by Crippen LogP contribution is -2.26. The molecule has 13 heteroatoms. The van der Waals surface area contributed by atoms with Crippen LogP contribution in [-0.2, 0) is 11.9 Å². The number of fused-ring (bicyclic) bond motifs is 1. The van der Waals surface area contributed by atoms with E-state index in [9.17, 15) is 27.9 Å². The predicted octanol–water partition coefficient (Wildman–Crippen LogP) is 3.53. The van der Waals surface area contributed by atoms with Crippen molar-refractivity contribution < 1.29 is 23.1 Å². The van der Waals surface area contributed by atoms with Crippen molar-refractivity contribution in [3.05, 3.63) is 63.3 Å². The number of thiol groups is 1. The van der Waals surface area contributed by atoms with Crippen LogP contribution in [0.1, 0.15) is 27.4 Å². The Morgan fingerprint density at radius 2 is 2.00 bits per heavy atom. The summed E-state index contributed by atoms with van der Waals surface area (Å²) < 4.78 is 41.8. The molecule has 3 aromatic rings. The number of benzene rings is 1. The second-order valence-corrected chi connectivity index (χ2v) is 6.90. The molecule has 0 aliphatic carbocycles. The van der Waals surface area contributed by atoms with Gasteiger partial charge in [-0.3, -0.25) is 9.59 Å². The van der Waals surface area contributed by atoms with Crippen LogP contribution in [0.5, 0.6) is 5.88 Å². The van der Waals surface area contributed by atoms with Gasteiger partial charge in [-0.1, -0.05) is 0 Å². The van der Waals surface area contributed by atoms with E-state index in [1.807, 2.05) is 5.32 Å². The van der Waals surface area contributed by atoms with Gasteiger partial charge in [0.05, 0.1) is 29.0 Å². The molecule has 3 heterocycles. The molecule has 9 nitrogen and oxygen atoms in total. The number of aromatic hydroxyl groups is 1. The van der Waals surface area contributed by atoms with Crippen molar-refractivity contribution in [1.82, 2.24) is 15.0 Å². The van der Waals surface area contributed by atoms with Crippen molar-refractivity contribution in [2.45, 2.75) is 11.9 Å². The number of H-pyrrole nitrogens is 1. The van der Waals surface area contributed by atoms with E-state index in [-0.39, 0.29) is 22.5 Å². The second-order valence-electron chi connectivity index (χ2n) is 6.59. The first-order chi connectivity index (χ1) is 15.2. The van der Waals surface area contributed by atoms with Crippen LogP contribution >= 0.6 is 12.6 Å². The lowest BCUT2D eigenvalue weighted by atomic mass is 10.0. The molecule has 1 aliphatic heterocycles. The standard InChI is InChI=1S/C19H13F3N6O3S/c20-19(21,22)15-8-1-2-10(11-5-6-23-28-11)24-9(8)3-4-12(15)25-16(29)14-17(30)26-13(7-32)27-18(14)31/h1-5,32H,6-7H2,(H,25,29)(H2,26,27,30,31). The number of aromatic nitrogens is 3. The summed E-state index contributed by atoms with van der Waals surface area (Å²) in [6, 6.07) is 4.90. The summed E-state index contributed by atoms with van der Waals surface area (Å²) in [5, 5.41) is 19.3. The third kappa shape index (κ3) is 3.93. The van der Waals surface area contributed by atoms with Crippen LogP contribution in [0.25, 0.3) is 16.6 Å². The summed E-state index contributed by atoms with van der Waals surface area (Å²) in [5.41, 5.74) is -2.77. The molecule has 0 unspecified atom stereocenters. The van der Waals surface area contributed by atoms with Gasteiger partial charge in [-0.2, -0.15) is 41.0 Å². The molecule has 0 radical (unpaired) electrons. The van der Waals surface area contributed by atoms with Gasteiger partial charge in [-0.25, -0.2) is 4.98 Å². The smallest absolute Gasteiger partial charge is 0.419 e. The number of azo groups is 1. The number of hydrogen-bond acceptors (Lipinski definition) is 8. The molecular weight excluding hydrogens is 449 g/mol. The summed E-state index contributed by atoms with van der Waals surface area (Å²) in [7, 11) is 0. The van der Waals surface area contributed by atoms with E-state index in [2.05, 4.69) is 37.8 Å². The Labute approximate surface area is 182 Å². The van der Waals surface area contributed by atoms with Gasteiger partial charge >= 0.3 is 6.18 Å². The molecule has 164 valence electrons. The van der Waals surface area contributed by atoms with Crippen molar-refractivity contribution in [1.29, 1.82) is 0 Å². The third-order valence-corrected chi connectivity index (χ3v) is 4.84. The molecule has 0 atom stereocenters. The molecule has 0 saturated heterocycles. The lowest BCUT2D eigenvalue weighted by Gasteiger charge is -2.16. The Morgan fingerprint density at radius 1 is 1.22 bits per heavy atom. The Bertz CT molecular complexity index is 1370. The number of rotatable bonds is 4. The van der Waals surface area contributed by atoms with E-state index in [0.29, 0.717) is 17.9 Å². The van der Waals surface area contributed by atoms with Crippen LogP contribution in [0.2, 0.25) is 0 Å². The number of anilines is 1. The van der Waals surface area contributed by atoms with Crippen LogP contribution in [0.15, 0.2) is 45.4 Å². The van der Waals surface area contributed by atoms with Gasteiger partial charge in [0.1, 0.15) is 11.5 Å². The predicted molar refractivity (Wildman–Crippen MR) is 112 cm³/mol. The molecule has 2 aromatic heterocycles. The Kier molecular flexibility index (Phi) is 5.42. The van der Waals surface area contributed by atoms with Gasteiger partial charge in [-0.05, 0) is 30.3 Å². The quantitative estimate of drug-likeness (QED) is 0.441. The molecule has 0 spiro atoms. The molecule has 0 saturated carbocycles. The fourth-order valence-electron chi connectivity index (χ4n) is 3.17. The molecule has 0 fully saturated rings. The van der Waals surface area contributed by atoms with Crippen LogP contribution < -0.4 is 10.9 Å². The zero-order valence-electron chi connectivity index (χ0n) is 15.9. The Balaban J connectivity index is 1.79. The van der Waals surface area contributed by atoms with E-state index in [1.165, 1.54) is 18.2 Å². The summed E-state index contributed by atoms with van der Waals surface area (Å²) in [4.78, 5) is 34.7. The maximum Gasteiger partial charge on any atom is 0.419 e. The van der Waals surface area contributed by atoms with Crippen molar-refractivity contribution >= 4 is 40.8 Å². The molecule has 1 amide bonds. The fraction of sp³-hybridized carbons (Fsp3) is 0.158. The van der Waals surface area contributed by atoms with E-state index < -0.39 is 40.3 Å². The average Bonchev–Trinajstić information content (AvgIpc) is 3.26. The number of nitrogens with zero attached hydrogens (tertiary/aromatic N) is 4. The number of pyridine rings is 1. The number of alkyl halides is 3. The van der Waals surface area contributed by atoms with Gasteiger partial charge in [-0.15, -0.1) is 0 Å². The maximum absolute atomic E-state index is 13.9. The zero-order valence-corrected chi connectivity index (χ0v) is 16.8. The monoisotopic (exact) mass is 462 g/mol. The summed E-state index contributed by atoms with van der Waals surface area (Å²) in [6.07, 6.45) is -3.18. The Morgan fingerprint density at radius 3 is 2.62 bits per heavy atom. The molecule has 32 heavy (non-hydrogen) atoms. The highest BCUT2D eigenvalue weighted by atomic mass is 32.1. The van der Waals surface area contributed by atoms with E-state index in [0.717, 1.165) is 6.07 Å². The maximum atomic E-state index is 13.9. The van der Waals surface area contributed by atoms with Crippen LogP contribution in [-0.4, -0.2) is 32.5 Å². The number of nitrogens with one attached hydrogen (secondary N) is 2. The zero-order chi connectivity index (χ0) is 23.0. The number of carbonyl (C=O) groups is 1. The van der Waals surface area contributed by atoms with Gasteiger partial charge in [0, 0.05) is 11.1 Å². The average molecular weight is 462 g/mol. The number of halogens is 3. The minimum absolute atomic E-state index is 0.00661. The number of aromatic amines is 1. The van der Waals surface area contributed by atoms with Crippen molar-refractivity contribution in [3.63, 3.8) is 0 Å². The molecule has 3 N–H and O–H groups in total. The molecule has 4 rings (SSSR count). The van der Waals surface area contributed by atoms with E-state index in [4.69, 9.17) is 0 Å². The van der Waals surface area contributed by atoms with Gasteiger partial charge in [0.25, 0.3) is 11.5 Å². The van der Waals surface area contributed by atoms with Gasteiger partial charge in [0.2, 0.25) is 5.88 Å². The summed E-state index contributed by atoms with van der Waals surface area (Å²) in [5.74, 6) is -2.21. The SMILES string of the molecule is O=C(Nc1ccc2nc(C3=CCN=N3)ccc2c1C(F)(F)F)c1c(O)nc(CS)[nH]c1=O. The lowest BCUT2D eigenvalue weighted by molar-refractivity contribution is -0.135. The minimum atomic E-state index is -4.86. The molecular formula is C19H13F3N6O3S. The normalized spacial score (nSPS) is 13.4. The van der Waals surface area contributed by atoms with Gasteiger partial charge in [0.15, 0.2) is 5.56 Å². The minimum Gasteiger partial charge on any atom is -0.493 e. The Hall–Kier alpha value is -3.74. The highest BCUT2D eigenvalue weighted by molar-refractivity contribution is 7.79. The van der Waals surface area contributed by atoms with E-state index >= 15 is 0 Å². The molecule has 0 bridgehead atoms. The number of hydrogen-bond donors (Lipinski definition) is 4. The molecule has 1 aliphatic rings. The molecule has 1 aromatic carbocycles. The van der Waals surface area contributed by atoms with Crippen molar-refractivity contribution in [2.75, 3.05) is 11.9 Å². The summed E-state index contributed by atoms with van der Waals surface area (Å²) >= 11 is 3.90. The highest BCUT2D eigenvalue weighted by Crippen LogP contribution is 2.40. The first-order valence-corrected chi connectivity index (χ1v) is 9.65. The third-order valence-electron chi connectivity index (χ3n) is 4.54. The summed E-state index contributed by atoms with van der Waals surface area (Å²) in [6.45, 7) is 0.365. The van der Waals surface area contributed by atoms with E-state index in [1.54, 1.807) is 6.08 Å². The number of amides is 1. The number of carbonyl (C=O) groups excluding carboxylic acids is 1. The van der Waals surface area contributed by atoms with Crippen molar-refractivity contribution in [2.24, 2.45) is 10.2 Å². The van der Waals surface area contributed by atoms with Crippen LogP contribution in [0.4, 0.5) is 18.9 Å². The first-order valence-electron chi connectivity index (χ1n) is 9.02. The highest BCUT2D eigenvalue weighted by Gasteiger charge is 2.37. The van der Waals surface area contributed by atoms with Crippen LogP contribution in [0.3, 0.4) is 0 Å².